The summed E-state index contributed by atoms with van der Waals surface area (Å²) in [5.41, 5.74) is 5.71. The zero-order chi connectivity index (χ0) is 17.9. The fourth-order valence-electron chi connectivity index (χ4n) is 3.36. The quantitative estimate of drug-likeness (QED) is 0.513. The van der Waals surface area contributed by atoms with E-state index in [4.69, 9.17) is 16.6 Å². The van der Waals surface area contributed by atoms with Crippen LogP contribution in [0.25, 0.3) is 22.5 Å². The van der Waals surface area contributed by atoms with Crippen LogP contribution in [0.4, 0.5) is 0 Å². The lowest BCUT2D eigenvalue weighted by atomic mass is 9.83. The Morgan fingerprint density at radius 1 is 0.846 bits per heavy atom. The largest absolute Gasteiger partial charge is 0.228 e. The van der Waals surface area contributed by atoms with Crippen molar-refractivity contribution in [2.75, 3.05) is 0 Å². The summed E-state index contributed by atoms with van der Waals surface area (Å²) in [6, 6.07) is 22.3. The van der Waals surface area contributed by atoms with Crippen molar-refractivity contribution in [1.29, 1.82) is 0 Å². The van der Waals surface area contributed by atoms with E-state index in [0.29, 0.717) is 16.9 Å². The van der Waals surface area contributed by atoms with Crippen molar-refractivity contribution < 1.29 is 0 Å². The standard InChI is InChI=1S/C23H19ClN2/c1-16-14-19(12-13-20(16)17-8-4-2-5-9-17)21-15-22(24)26-23(25-21)18-10-6-3-7-11-18/h2-13,15-16H,14H2,1H3. The summed E-state index contributed by atoms with van der Waals surface area (Å²) in [4.78, 5) is 9.16. The lowest BCUT2D eigenvalue weighted by Gasteiger charge is -2.22. The second kappa shape index (κ2) is 7.27. The summed E-state index contributed by atoms with van der Waals surface area (Å²) in [7, 11) is 0. The first kappa shape index (κ1) is 16.7. The van der Waals surface area contributed by atoms with Crippen LogP contribution in [-0.2, 0) is 0 Å². The monoisotopic (exact) mass is 358 g/mol. The fourth-order valence-corrected chi connectivity index (χ4v) is 3.55. The minimum absolute atomic E-state index is 0.423. The van der Waals surface area contributed by atoms with E-state index >= 15 is 0 Å². The van der Waals surface area contributed by atoms with Gasteiger partial charge in [-0.25, -0.2) is 9.97 Å². The van der Waals surface area contributed by atoms with Crippen LogP contribution in [0.5, 0.6) is 0 Å². The molecule has 4 rings (SSSR count). The van der Waals surface area contributed by atoms with E-state index in [1.165, 1.54) is 16.7 Å². The van der Waals surface area contributed by atoms with Gasteiger partial charge in [-0.05, 0) is 29.0 Å². The summed E-state index contributed by atoms with van der Waals surface area (Å²) in [6.07, 6.45) is 5.30. The maximum atomic E-state index is 6.29. The molecule has 3 heteroatoms. The number of rotatable bonds is 3. The molecule has 26 heavy (non-hydrogen) atoms. The molecule has 1 heterocycles. The molecule has 1 aromatic heterocycles. The molecule has 0 bridgehead atoms. The van der Waals surface area contributed by atoms with E-state index < -0.39 is 0 Å². The molecule has 0 saturated heterocycles. The Kier molecular flexibility index (Phi) is 4.68. The first-order valence-corrected chi connectivity index (χ1v) is 9.15. The first-order chi connectivity index (χ1) is 12.7. The topological polar surface area (TPSA) is 25.8 Å². The van der Waals surface area contributed by atoms with Crippen LogP contribution in [0.2, 0.25) is 5.15 Å². The number of halogens is 1. The van der Waals surface area contributed by atoms with Gasteiger partial charge in [-0.1, -0.05) is 91.3 Å². The number of hydrogen-bond acceptors (Lipinski definition) is 2. The first-order valence-electron chi connectivity index (χ1n) is 8.77. The van der Waals surface area contributed by atoms with Crippen molar-refractivity contribution >= 4 is 22.7 Å². The maximum absolute atomic E-state index is 6.29. The Balaban J connectivity index is 1.71. The van der Waals surface area contributed by atoms with Crippen molar-refractivity contribution in [3.63, 3.8) is 0 Å². The van der Waals surface area contributed by atoms with Gasteiger partial charge in [-0.2, -0.15) is 0 Å². The molecule has 128 valence electrons. The molecule has 1 aliphatic rings. The highest BCUT2D eigenvalue weighted by molar-refractivity contribution is 6.29. The van der Waals surface area contributed by atoms with Gasteiger partial charge >= 0.3 is 0 Å². The molecular weight excluding hydrogens is 340 g/mol. The number of benzene rings is 2. The molecule has 3 aromatic rings. The average Bonchev–Trinajstić information content (AvgIpc) is 2.69. The third-order valence-corrected chi connectivity index (χ3v) is 4.88. The highest BCUT2D eigenvalue weighted by atomic mass is 35.5. The lowest BCUT2D eigenvalue weighted by Crippen LogP contribution is -2.06. The van der Waals surface area contributed by atoms with Crippen molar-refractivity contribution in [3.8, 4) is 11.4 Å². The number of hydrogen-bond donors (Lipinski definition) is 0. The van der Waals surface area contributed by atoms with Crippen molar-refractivity contribution in [2.45, 2.75) is 13.3 Å². The second-order valence-electron chi connectivity index (χ2n) is 6.55. The number of aromatic nitrogens is 2. The van der Waals surface area contributed by atoms with Gasteiger partial charge in [0.2, 0.25) is 0 Å². The summed E-state index contributed by atoms with van der Waals surface area (Å²) in [5.74, 6) is 1.09. The lowest BCUT2D eigenvalue weighted by molar-refractivity contribution is 0.768. The predicted molar refractivity (Wildman–Crippen MR) is 109 cm³/mol. The second-order valence-corrected chi connectivity index (χ2v) is 6.94. The Morgan fingerprint density at radius 2 is 1.50 bits per heavy atom. The van der Waals surface area contributed by atoms with Crippen molar-refractivity contribution in [3.05, 3.63) is 95.3 Å². The van der Waals surface area contributed by atoms with Gasteiger partial charge in [0.1, 0.15) is 5.15 Å². The molecular formula is C23H19ClN2. The van der Waals surface area contributed by atoms with E-state index in [1.807, 2.05) is 42.5 Å². The molecule has 2 nitrogen and oxygen atoms in total. The molecule has 0 saturated carbocycles. The third-order valence-electron chi connectivity index (χ3n) is 4.68. The zero-order valence-corrected chi connectivity index (χ0v) is 15.3. The van der Waals surface area contributed by atoms with Crippen LogP contribution < -0.4 is 0 Å². The smallest absolute Gasteiger partial charge is 0.161 e. The molecule has 0 N–H and O–H groups in total. The molecule has 1 aliphatic carbocycles. The Hall–Kier alpha value is -2.71. The highest BCUT2D eigenvalue weighted by Crippen LogP contribution is 2.36. The summed E-state index contributed by atoms with van der Waals surface area (Å²) in [5, 5.41) is 0.472. The Labute approximate surface area is 158 Å². The zero-order valence-electron chi connectivity index (χ0n) is 14.6. The Bertz CT molecular complexity index is 976. The van der Waals surface area contributed by atoms with E-state index in [-0.39, 0.29) is 0 Å². The molecule has 1 atom stereocenters. The van der Waals surface area contributed by atoms with E-state index in [2.05, 4.69) is 48.3 Å². The van der Waals surface area contributed by atoms with Crippen LogP contribution in [0.15, 0.2) is 78.9 Å². The Morgan fingerprint density at radius 3 is 2.15 bits per heavy atom. The fraction of sp³-hybridized carbons (Fsp3) is 0.130. The van der Waals surface area contributed by atoms with Gasteiger partial charge < -0.3 is 0 Å². The predicted octanol–water partition coefficient (Wildman–Crippen LogP) is 6.30. The molecule has 0 spiro atoms. The molecule has 0 amide bonds. The molecule has 0 radical (unpaired) electrons. The van der Waals surface area contributed by atoms with Crippen LogP contribution in [0, 0.1) is 5.92 Å². The SMILES string of the molecule is CC1CC(c2cc(Cl)nc(-c3ccccc3)n2)=CC=C1c1ccccc1. The summed E-state index contributed by atoms with van der Waals surface area (Å²) < 4.78 is 0. The normalized spacial score (nSPS) is 16.8. The molecule has 2 aromatic carbocycles. The van der Waals surface area contributed by atoms with Crippen LogP contribution in [-0.4, -0.2) is 9.97 Å². The van der Waals surface area contributed by atoms with Crippen molar-refractivity contribution in [2.24, 2.45) is 5.92 Å². The number of allylic oxidation sites excluding steroid dienone is 4. The average molecular weight is 359 g/mol. The summed E-state index contributed by atoms with van der Waals surface area (Å²) in [6.45, 7) is 2.26. The van der Waals surface area contributed by atoms with E-state index in [0.717, 1.165) is 17.7 Å². The molecule has 1 unspecified atom stereocenters. The van der Waals surface area contributed by atoms with Gasteiger partial charge in [0.15, 0.2) is 5.82 Å². The maximum Gasteiger partial charge on any atom is 0.161 e. The van der Waals surface area contributed by atoms with Gasteiger partial charge in [0.05, 0.1) is 5.69 Å². The van der Waals surface area contributed by atoms with E-state index in [1.54, 1.807) is 0 Å². The van der Waals surface area contributed by atoms with Gasteiger partial charge in [-0.15, -0.1) is 0 Å². The molecule has 0 aliphatic heterocycles. The number of nitrogens with zero attached hydrogens (tertiary/aromatic N) is 2. The van der Waals surface area contributed by atoms with Crippen LogP contribution in [0.3, 0.4) is 0 Å². The van der Waals surface area contributed by atoms with Gasteiger partial charge in [0.25, 0.3) is 0 Å². The minimum Gasteiger partial charge on any atom is -0.228 e. The van der Waals surface area contributed by atoms with Crippen molar-refractivity contribution in [1.82, 2.24) is 9.97 Å². The third kappa shape index (κ3) is 3.47. The van der Waals surface area contributed by atoms with Crippen LogP contribution in [0.1, 0.15) is 24.6 Å². The highest BCUT2D eigenvalue weighted by Gasteiger charge is 2.19. The summed E-state index contributed by atoms with van der Waals surface area (Å²) >= 11 is 6.29. The van der Waals surface area contributed by atoms with Crippen LogP contribution >= 0.6 is 11.6 Å². The molecule has 0 fully saturated rings. The minimum atomic E-state index is 0.423. The van der Waals surface area contributed by atoms with E-state index in [9.17, 15) is 0 Å². The van der Waals surface area contributed by atoms with Gasteiger partial charge in [0, 0.05) is 11.6 Å². The van der Waals surface area contributed by atoms with Gasteiger partial charge in [-0.3, -0.25) is 0 Å².